The first-order valence-corrected chi connectivity index (χ1v) is 9.44. The first-order valence-electron chi connectivity index (χ1n) is 7.68. The summed E-state index contributed by atoms with van der Waals surface area (Å²) in [6, 6.07) is 0. The fourth-order valence-electron chi connectivity index (χ4n) is 2.36. The third-order valence-corrected chi connectivity index (χ3v) is 6.29. The number of rotatable bonds is 8. The largest absolute Gasteiger partial charge is 0.468 e. The highest BCUT2D eigenvalue weighted by atomic mass is 31.2. The Balaban J connectivity index is 2.53. The molecule has 0 saturated carbocycles. The van der Waals surface area contributed by atoms with Crippen LogP contribution in [-0.4, -0.2) is 43.6 Å². The van der Waals surface area contributed by atoms with Crippen LogP contribution in [0.5, 0.6) is 0 Å². The SMILES string of the molecule is CCCCCCCP1(=O)OCCCCN1CC(=O)OC. The van der Waals surface area contributed by atoms with Crippen LogP contribution in [0.15, 0.2) is 0 Å². The average Bonchev–Trinajstić information content (AvgIpc) is 2.61. The quantitative estimate of drug-likeness (QED) is 0.390. The van der Waals surface area contributed by atoms with Crippen molar-refractivity contribution in [2.45, 2.75) is 51.9 Å². The summed E-state index contributed by atoms with van der Waals surface area (Å²) < 4.78 is 25.0. The minimum atomic E-state index is -2.85. The maximum Gasteiger partial charge on any atom is 0.320 e. The molecule has 0 N–H and O–H groups in total. The van der Waals surface area contributed by atoms with E-state index in [0.717, 1.165) is 25.7 Å². The Morgan fingerprint density at radius 2 is 2.00 bits per heavy atom. The van der Waals surface area contributed by atoms with Gasteiger partial charge in [0.2, 0.25) is 0 Å². The number of ether oxygens (including phenoxy) is 1. The first-order chi connectivity index (χ1) is 9.62. The summed E-state index contributed by atoms with van der Waals surface area (Å²) in [6.07, 6.45) is 7.93. The highest BCUT2D eigenvalue weighted by molar-refractivity contribution is 7.56. The van der Waals surface area contributed by atoms with E-state index in [1.54, 1.807) is 4.67 Å². The minimum absolute atomic E-state index is 0.0722. The molecule has 1 unspecified atom stereocenters. The van der Waals surface area contributed by atoms with Crippen molar-refractivity contribution in [2.24, 2.45) is 0 Å². The number of esters is 1. The fourth-order valence-corrected chi connectivity index (χ4v) is 4.75. The van der Waals surface area contributed by atoms with Crippen LogP contribution in [-0.2, 0) is 18.6 Å². The summed E-state index contributed by atoms with van der Waals surface area (Å²) in [5.41, 5.74) is 0. The topological polar surface area (TPSA) is 55.8 Å². The molecule has 1 aliphatic rings. The molecule has 0 radical (unpaired) electrons. The molecule has 1 saturated heterocycles. The number of nitrogens with zero attached hydrogens (tertiary/aromatic N) is 1. The highest BCUT2D eigenvalue weighted by Gasteiger charge is 2.34. The molecule has 1 aliphatic heterocycles. The van der Waals surface area contributed by atoms with Crippen LogP contribution in [0.2, 0.25) is 0 Å². The van der Waals surface area contributed by atoms with Crippen molar-refractivity contribution in [1.82, 2.24) is 4.67 Å². The molecule has 1 rings (SSSR count). The van der Waals surface area contributed by atoms with Gasteiger partial charge in [-0.2, -0.15) is 0 Å². The van der Waals surface area contributed by atoms with Gasteiger partial charge < -0.3 is 9.26 Å². The van der Waals surface area contributed by atoms with Gasteiger partial charge in [-0.3, -0.25) is 9.36 Å². The third kappa shape index (κ3) is 5.94. The van der Waals surface area contributed by atoms with Crippen molar-refractivity contribution in [3.63, 3.8) is 0 Å². The van der Waals surface area contributed by atoms with Gasteiger partial charge in [-0.1, -0.05) is 32.6 Å². The van der Waals surface area contributed by atoms with Crippen LogP contribution in [0.3, 0.4) is 0 Å². The van der Waals surface area contributed by atoms with E-state index in [2.05, 4.69) is 11.7 Å². The van der Waals surface area contributed by atoms with Crippen LogP contribution >= 0.6 is 7.52 Å². The molecule has 0 bridgehead atoms. The van der Waals surface area contributed by atoms with E-state index in [9.17, 15) is 9.36 Å². The Hall–Kier alpha value is -0.380. The monoisotopic (exact) mass is 305 g/mol. The van der Waals surface area contributed by atoms with E-state index in [1.165, 1.54) is 26.4 Å². The molecule has 6 heteroatoms. The van der Waals surface area contributed by atoms with Gasteiger partial charge in [-0.05, 0) is 19.3 Å². The lowest BCUT2D eigenvalue weighted by atomic mass is 10.2. The Bertz CT molecular complexity index is 335. The molecular formula is C14H28NO4P. The van der Waals surface area contributed by atoms with Crippen LogP contribution < -0.4 is 0 Å². The van der Waals surface area contributed by atoms with E-state index < -0.39 is 7.52 Å². The Morgan fingerprint density at radius 1 is 1.25 bits per heavy atom. The molecular weight excluding hydrogens is 277 g/mol. The van der Waals surface area contributed by atoms with E-state index >= 15 is 0 Å². The molecule has 118 valence electrons. The molecule has 0 aromatic carbocycles. The molecule has 1 atom stereocenters. The van der Waals surface area contributed by atoms with E-state index in [1.807, 2.05) is 0 Å². The zero-order valence-corrected chi connectivity index (χ0v) is 13.7. The van der Waals surface area contributed by atoms with Crippen molar-refractivity contribution < 1.29 is 18.6 Å². The Kier molecular flexibility index (Phi) is 8.43. The predicted octanol–water partition coefficient (Wildman–Crippen LogP) is 3.44. The minimum Gasteiger partial charge on any atom is -0.468 e. The maximum absolute atomic E-state index is 13.0. The summed E-state index contributed by atoms with van der Waals surface area (Å²) in [5.74, 6) is -0.346. The van der Waals surface area contributed by atoms with E-state index in [0.29, 0.717) is 19.3 Å². The van der Waals surface area contributed by atoms with Gasteiger partial charge in [0, 0.05) is 12.7 Å². The van der Waals surface area contributed by atoms with Gasteiger partial charge in [-0.15, -0.1) is 0 Å². The number of carbonyl (C=O) groups excluding carboxylic acids is 1. The first kappa shape index (κ1) is 17.7. The van der Waals surface area contributed by atoms with Crippen LogP contribution in [0.4, 0.5) is 0 Å². The fraction of sp³-hybridized carbons (Fsp3) is 0.929. The normalized spacial score (nSPS) is 24.3. The van der Waals surface area contributed by atoms with Crippen molar-refractivity contribution in [3.05, 3.63) is 0 Å². The summed E-state index contributed by atoms with van der Waals surface area (Å²) in [7, 11) is -1.49. The van der Waals surface area contributed by atoms with Crippen LogP contribution in [0.25, 0.3) is 0 Å². The lowest BCUT2D eigenvalue weighted by Gasteiger charge is -2.28. The molecule has 20 heavy (non-hydrogen) atoms. The lowest BCUT2D eigenvalue weighted by Crippen LogP contribution is -2.29. The van der Waals surface area contributed by atoms with Crippen molar-refractivity contribution in [1.29, 1.82) is 0 Å². The molecule has 0 amide bonds. The smallest absolute Gasteiger partial charge is 0.320 e. The van der Waals surface area contributed by atoms with Crippen LogP contribution in [0.1, 0.15) is 51.9 Å². The standard InChI is InChI=1S/C14H28NO4P/c1-3-4-5-6-9-12-20(17)15(13-14(16)18-2)10-7-8-11-19-20/h3-13H2,1-2H3. The predicted molar refractivity (Wildman–Crippen MR) is 80.0 cm³/mol. The second-order valence-electron chi connectivity index (χ2n) is 5.28. The molecule has 0 spiro atoms. The van der Waals surface area contributed by atoms with Gasteiger partial charge in [0.05, 0.1) is 13.7 Å². The number of hydrogen-bond donors (Lipinski definition) is 0. The summed E-state index contributed by atoms with van der Waals surface area (Å²) in [6.45, 7) is 3.43. The third-order valence-electron chi connectivity index (χ3n) is 3.62. The number of carbonyl (C=O) groups is 1. The zero-order chi connectivity index (χ0) is 14.8. The highest BCUT2D eigenvalue weighted by Crippen LogP contribution is 2.52. The van der Waals surface area contributed by atoms with Gasteiger partial charge in [-0.25, -0.2) is 4.67 Å². The molecule has 5 nitrogen and oxygen atoms in total. The molecule has 0 aromatic heterocycles. The van der Waals surface area contributed by atoms with Crippen molar-refractivity contribution >= 4 is 13.5 Å². The average molecular weight is 305 g/mol. The second kappa shape index (κ2) is 9.54. The maximum atomic E-state index is 13.0. The van der Waals surface area contributed by atoms with Crippen molar-refractivity contribution in [3.8, 4) is 0 Å². The van der Waals surface area contributed by atoms with Gasteiger partial charge in [0.25, 0.3) is 7.52 Å². The summed E-state index contributed by atoms with van der Waals surface area (Å²) in [4.78, 5) is 11.5. The lowest BCUT2D eigenvalue weighted by molar-refractivity contribution is -0.140. The number of hydrogen-bond acceptors (Lipinski definition) is 4. The summed E-state index contributed by atoms with van der Waals surface area (Å²) in [5, 5.41) is 0. The van der Waals surface area contributed by atoms with Crippen molar-refractivity contribution in [2.75, 3.05) is 33.0 Å². The van der Waals surface area contributed by atoms with Crippen LogP contribution in [0, 0.1) is 0 Å². The Labute approximate surface area is 122 Å². The number of methoxy groups -OCH3 is 1. The number of unbranched alkanes of at least 4 members (excludes halogenated alkanes) is 4. The van der Waals surface area contributed by atoms with Gasteiger partial charge in [0.15, 0.2) is 0 Å². The molecule has 0 aromatic rings. The molecule has 1 heterocycles. The zero-order valence-electron chi connectivity index (χ0n) is 12.8. The van der Waals surface area contributed by atoms with E-state index in [4.69, 9.17) is 4.52 Å². The van der Waals surface area contributed by atoms with Gasteiger partial charge in [0.1, 0.15) is 6.54 Å². The Morgan fingerprint density at radius 3 is 2.70 bits per heavy atom. The molecule has 0 aliphatic carbocycles. The second-order valence-corrected chi connectivity index (χ2v) is 7.83. The van der Waals surface area contributed by atoms with E-state index in [-0.39, 0.29) is 12.5 Å². The summed E-state index contributed by atoms with van der Waals surface area (Å²) >= 11 is 0. The van der Waals surface area contributed by atoms with Gasteiger partial charge >= 0.3 is 5.97 Å². The molecule has 1 fully saturated rings.